The molecule has 1 N–H and O–H groups in total. The van der Waals surface area contributed by atoms with E-state index < -0.39 is 0 Å². The second-order valence-corrected chi connectivity index (χ2v) is 4.87. The third-order valence-corrected chi connectivity index (χ3v) is 3.16. The molecule has 1 aromatic heterocycles. The smallest absolute Gasteiger partial charge is 0.158 e. The summed E-state index contributed by atoms with van der Waals surface area (Å²) in [5, 5.41) is 4.29. The summed E-state index contributed by atoms with van der Waals surface area (Å²) in [7, 11) is 0. The lowest BCUT2D eigenvalue weighted by Crippen LogP contribution is -2.06. The summed E-state index contributed by atoms with van der Waals surface area (Å²) in [4.78, 5) is 8.45. The van der Waals surface area contributed by atoms with Gasteiger partial charge in [0.1, 0.15) is 17.6 Å². The molecule has 0 saturated carbocycles. The minimum Gasteiger partial charge on any atom is -0.374 e. The van der Waals surface area contributed by atoms with Crippen molar-refractivity contribution < 1.29 is 4.74 Å². The van der Waals surface area contributed by atoms with Gasteiger partial charge in [0.05, 0.1) is 0 Å². The topological polar surface area (TPSA) is 47.0 Å². The van der Waals surface area contributed by atoms with Crippen LogP contribution >= 0.6 is 23.2 Å². The minimum absolute atomic E-state index is 0.345. The van der Waals surface area contributed by atoms with Gasteiger partial charge in [0.15, 0.2) is 5.82 Å². The van der Waals surface area contributed by atoms with Crippen molar-refractivity contribution in [2.24, 2.45) is 0 Å². The zero-order valence-electron chi connectivity index (χ0n) is 11.1. The molecule has 6 heteroatoms. The maximum atomic E-state index is 6.10. The average molecular weight is 312 g/mol. The van der Waals surface area contributed by atoms with E-state index in [-0.39, 0.29) is 0 Å². The number of nitrogens with zero attached hydrogens (tertiary/aromatic N) is 2. The van der Waals surface area contributed by atoms with Gasteiger partial charge in [0.2, 0.25) is 0 Å². The van der Waals surface area contributed by atoms with Crippen LogP contribution in [-0.2, 0) is 17.9 Å². The fraction of sp³-hybridized carbons (Fsp3) is 0.286. The van der Waals surface area contributed by atoms with E-state index in [4.69, 9.17) is 27.9 Å². The van der Waals surface area contributed by atoms with Gasteiger partial charge in [0, 0.05) is 24.2 Å². The number of nitrogens with one attached hydrogen (secondary N) is 1. The van der Waals surface area contributed by atoms with Gasteiger partial charge in [0.25, 0.3) is 0 Å². The molecular weight excluding hydrogens is 297 g/mol. The van der Waals surface area contributed by atoms with E-state index in [1.54, 1.807) is 6.07 Å². The molecule has 0 aliphatic carbocycles. The van der Waals surface area contributed by atoms with Crippen LogP contribution in [0.2, 0.25) is 10.2 Å². The summed E-state index contributed by atoms with van der Waals surface area (Å²) < 4.78 is 5.28. The van der Waals surface area contributed by atoms with Gasteiger partial charge in [-0.2, -0.15) is 0 Å². The summed E-state index contributed by atoms with van der Waals surface area (Å²) in [6.45, 7) is 3.44. The molecule has 0 spiro atoms. The Labute approximate surface area is 128 Å². The summed E-state index contributed by atoms with van der Waals surface area (Å²) in [5.41, 5.74) is 0.996. The van der Waals surface area contributed by atoms with Gasteiger partial charge in [-0.05, 0) is 18.6 Å². The Kier molecular flexibility index (Phi) is 5.59. The monoisotopic (exact) mass is 311 g/mol. The van der Waals surface area contributed by atoms with Crippen LogP contribution in [0.25, 0.3) is 0 Å². The number of anilines is 1. The Morgan fingerprint density at radius 1 is 1.20 bits per heavy atom. The lowest BCUT2D eigenvalue weighted by molar-refractivity contribution is 0.128. The van der Waals surface area contributed by atoms with Crippen LogP contribution in [0, 0.1) is 0 Å². The quantitative estimate of drug-likeness (QED) is 0.821. The molecule has 0 bridgehead atoms. The van der Waals surface area contributed by atoms with Crippen molar-refractivity contribution >= 4 is 29.0 Å². The van der Waals surface area contributed by atoms with Gasteiger partial charge in [-0.25, -0.2) is 9.97 Å². The second-order valence-electron chi connectivity index (χ2n) is 4.07. The Hall–Kier alpha value is -1.36. The largest absolute Gasteiger partial charge is 0.374 e. The van der Waals surface area contributed by atoms with Crippen molar-refractivity contribution in [3.8, 4) is 0 Å². The van der Waals surface area contributed by atoms with Gasteiger partial charge in [-0.1, -0.05) is 41.4 Å². The summed E-state index contributed by atoms with van der Waals surface area (Å²) in [6, 6.07) is 9.32. The SMILES string of the molecule is CCOCc1nc(Cl)cc(NCc2ccccc2Cl)n1. The van der Waals surface area contributed by atoms with Crippen LogP contribution in [0.15, 0.2) is 30.3 Å². The van der Waals surface area contributed by atoms with Crippen molar-refractivity contribution in [1.29, 1.82) is 0 Å². The molecule has 2 rings (SSSR count). The molecule has 0 atom stereocenters. The predicted molar refractivity (Wildman–Crippen MR) is 81.2 cm³/mol. The Bertz CT molecular complexity index is 578. The first-order valence-corrected chi connectivity index (χ1v) is 7.03. The molecule has 1 heterocycles. The molecule has 1 aromatic carbocycles. The molecule has 0 radical (unpaired) electrons. The minimum atomic E-state index is 0.345. The highest BCUT2D eigenvalue weighted by Gasteiger charge is 2.04. The first-order valence-electron chi connectivity index (χ1n) is 6.27. The summed E-state index contributed by atoms with van der Waals surface area (Å²) in [6.07, 6.45) is 0. The van der Waals surface area contributed by atoms with Crippen LogP contribution in [0.4, 0.5) is 5.82 Å². The van der Waals surface area contributed by atoms with E-state index in [1.807, 2.05) is 31.2 Å². The molecule has 4 nitrogen and oxygen atoms in total. The van der Waals surface area contributed by atoms with E-state index in [0.717, 1.165) is 10.6 Å². The van der Waals surface area contributed by atoms with E-state index >= 15 is 0 Å². The molecule has 0 aliphatic rings. The lowest BCUT2D eigenvalue weighted by Gasteiger charge is -2.09. The van der Waals surface area contributed by atoms with Gasteiger partial charge >= 0.3 is 0 Å². The number of ether oxygens (including phenoxy) is 1. The average Bonchev–Trinajstić information content (AvgIpc) is 2.44. The molecular formula is C14H15Cl2N3O. The fourth-order valence-corrected chi connectivity index (χ4v) is 2.04. The van der Waals surface area contributed by atoms with E-state index in [0.29, 0.717) is 36.6 Å². The Balaban J connectivity index is 2.05. The predicted octanol–water partition coefficient (Wildman–Crippen LogP) is 3.93. The lowest BCUT2D eigenvalue weighted by atomic mass is 10.2. The van der Waals surface area contributed by atoms with Gasteiger partial charge in [-0.3, -0.25) is 0 Å². The highest BCUT2D eigenvalue weighted by atomic mass is 35.5. The zero-order valence-corrected chi connectivity index (χ0v) is 12.6. The highest BCUT2D eigenvalue weighted by Crippen LogP contribution is 2.17. The molecule has 20 heavy (non-hydrogen) atoms. The summed E-state index contributed by atoms with van der Waals surface area (Å²) >= 11 is 12.1. The Morgan fingerprint density at radius 3 is 2.75 bits per heavy atom. The van der Waals surface area contributed by atoms with Crippen molar-refractivity contribution in [2.45, 2.75) is 20.1 Å². The number of hydrogen-bond donors (Lipinski definition) is 1. The van der Waals surface area contributed by atoms with E-state index in [9.17, 15) is 0 Å². The van der Waals surface area contributed by atoms with E-state index in [1.165, 1.54) is 0 Å². The molecule has 2 aromatic rings. The maximum Gasteiger partial charge on any atom is 0.158 e. The van der Waals surface area contributed by atoms with Crippen molar-refractivity contribution in [3.63, 3.8) is 0 Å². The number of benzene rings is 1. The molecule has 0 unspecified atom stereocenters. The van der Waals surface area contributed by atoms with Crippen LogP contribution in [0.3, 0.4) is 0 Å². The molecule has 0 amide bonds. The molecule has 106 valence electrons. The molecule has 0 saturated heterocycles. The second kappa shape index (κ2) is 7.43. The third kappa shape index (κ3) is 4.34. The fourth-order valence-electron chi connectivity index (χ4n) is 1.64. The van der Waals surface area contributed by atoms with Gasteiger partial charge < -0.3 is 10.1 Å². The van der Waals surface area contributed by atoms with E-state index in [2.05, 4.69) is 15.3 Å². The first kappa shape index (κ1) is 15.0. The standard InChI is InChI=1S/C14H15Cl2N3O/c1-2-20-9-14-18-12(16)7-13(19-14)17-8-10-5-3-4-6-11(10)15/h3-7H,2,8-9H2,1H3,(H,17,18,19). The number of hydrogen-bond acceptors (Lipinski definition) is 4. The van der Waals surface area contributed by atoms with Crippen LogP contribution in [0.1, 0.15) is 18.3 Å². The third-order valence-electron chi connectivity index (χ3n) is 2.59. The van der Waals surface area contributed by atoms with Crippen LogP contribution in [-0.4, -0.2) is 16.6 Å². The number of rotatable bonds is 6. The van der Waals surface area contributed by atoms with Crippen LogP contribution < -0.4 is 5.32 Å². The van der Waals surface area contributed by atoms with Gasteiger partial charge in [-0.15, -0.1) is 0 Å². The van der Waals surface area contributed by atoms with Crippen molar-refractivity contribution in [3.05, 3.63) is 51.9 Å². The van der Waals surface area contributed by atoms with Crippen molar-refractivity contribution in [2.75, 3.05) is 11.9 Å². The zero-order chi connectivity index (χ0) is 14.4. The Morgan fingerprint density at radius 2 is 2.00 bits per heavy atom. The van der Waals surface area contributed by atoms with Crippen molar-refractivity contribution in [1.82, 2.24) is 9.97 Å². The molecule has 0 aliphatic heterocycles. The highest BCUT2D eigenvalue weighted by molar-refractivity contribution is 6.31. The number of aromatic nitrogens is 2. The summed E-state index contributed by atoms with van der Waals surface area (Å²) in [5.74, 6) is 1.21. The van der Waals surface area contributed by atoms with Crippen LogP contribution in [0.5, 0.6) is 0 Å². The normalized spacial score (nSPS) is 10.6. The molecule has 0 fully saturated rings. The first-order chi connectivity index (χ1) is 9.69. The number of halogens is 2. The maximum absolute atomic E-state index is 6.10.